The predicted molar refractivity (Wildman–Crippen MR) is 50.7 cm³/mol. The second kappa shape index (κ2) is 7.16. The maximum atomic E-state index is 11.0. The van der Waals surface area contributed by atoms with Crippen molar-refractivity contribution in [1.82, 2.24) is 0 Å². The molecule has 16 heavy (non-hydrogen) atoms. The highest BCUT2D eigenvalue weighted by Gasteiger charge is 2.35. The second-order valence-corrected chi connectivity index (χ2v) is 2.95. The number of hydrogen-bond donors (Lipinski definition) is 5. The van der Waals surface area contributed by atoms with Gasteiger partial charge < -0.3 is 30.3 Å². The lowest BCUT2D eigenvalue weighted by Crippen LogP contribution is -2.48. The van der Waals surface area contributed by atoms with E-state index in [9.17, 15) is 15.0 Å². The van der Waals surface area contributed by atoms with Crippen molar-refractivity contribution < 1.29 is 35.1 Å². The van der Waals surface area contributed by atoms with Crippen LogP contribution in [0.25, 0.3) is 0 Å². The Bertz CT molecular complexity index is 279. The molecule has 0 radical (unpaired) electrons. The van der Waals surface area contributed by atoms with E-state index in [1.165, 1.54) is 6.92 Å². The van der Waals surface area contributed by atoms with E-state index in [4.69, 9.17) is 15.3 Å². The van der Waals surface area contributed by atoms with Crippen LogP contribution >= 0.6 is 0 Å². The van der Waals surface area contributed by atoms with Gasteiger partial charge in [-0.25, -0.2) is 4.79 Å². The van der Waals surface area contributed by atoms with E-state index in [0.717, 1.165) is 0 Å². The summed E-state index contributed by atoms with van der Waals surface area (Å²) < 4.78 is 4.17. The van der Waals surface area contributed by atoms with Crippen molar-refractivity contribution >= 4 is 5.97 Å². The molecule has 0 aliphatic carbocycles. The largest absolute Gasteiger partial charge is 0.394 e. The highest BCUT2D eigenvalue weighted by molar-refractivity contribution is 5.76. The zero-order valence-electron chi connectivity index (χ0n) is 8.57. The molecule has 4 unspecified atom stereocenters. The van der Waals surface area contributed by atoms with Gasteiger partial charge in [0.15, 0.2) is 6.10 Å². The summed E-state index contributed by atoms with van der Waals surface area (Å²) in [6.07, 6.45) is -5.68. The molecule has 7 heteroatoms. The molecule has 0 saturated heterocycles. The van der Waals surface area contributed by atoms with Crippen molar-refractivity contribution in [2.45, 2.75) is 31.3 Å². The molecule has 0 bridgehead atoms. The first kappa shape index (κ1) is 14.8. The number of aliphatic hydroxyl groups is 5. The summed E-state index contributed by atoms with van der Waals surface area (Å²) in [7, 11) is 0. The van der Waals surface area contributed by atoms with Crippen LogP contribution in [0.1, 0.15) is 6.92 Å². The van der Waals surface area contributed by atoms with Gasteiger partial charge in [-0.05, 0) is 0 Å². The molecule has 0 aromatic carbocycles. The van der Waals surface area contributed by atoms with Gasteiger partial charge in [0, 0.05) is 6.92 Å². The smallest absolute Gasteiger partial charge is 0.351 e. The molecule has 0 aromatic rings. The van der Waals surface area contributed by atoms with Gasteiger partial charge in [-0.3, -0.25) is 0 Å². The average molecular weight is 234 g/mol. The molecule has 0 spiro atoms. The number of ether oxygens (including phenoxy) is 1. The topological polar surface area (TPSA) is 127 Å². The summed E-state index contributed by atoms with van der Waals surface area (Å²) in [5.41, 5.74) is 0. The minimum absolute atomic E-state index is 0.825. The van der Waals surface area contributed by atoms with Gasteiger partial charge in [-0.15, -0.1) is 0 Å². The summed E-state index contributed by atoms with van der Waals surface area (Å²) in [5, 5.41) is 45.0. The fourth-order valence-corrected chi connectivity index (χ4v) is 0.823. The Balaban J connectivity index is 4.39. The fourth-order valence-electron chi connectivity index (χ4n) is 0.823. The summed E-state index contributed by atoms with van der Waals surface area (Å²) in [5.74, 6) is 0.960. The lowest BCUT2D eigenvalue weighted by atomic mass is 10.0. The van der Waals surface area contributed by atoms with Gasteiger partial charge in [0.25, 0.3) is 0 Å². The van der Waals surface area contributed by atoms with Crippen molar-refractivity contribution in [2.75, 3.05) is 6.61 Å². The van der Waals surface area contributed by atoms with E-state index < -0.39 is 37.0 Å². The van der Waals surface area contributed by atoms with Crippen LogP contribution in [0.4, 0.5) is 0 Å². The molecule has 0 aliphatic heterocycles. The molecule has 0 rings (SSSR count). The van der Waals surface area contributed by atoms with E-state index in [1.54, 1.807) is 0 Å². The van der Waals surface area contributed by atoms with Gasteiger partial charge in [0.1, 0.15) is 24.4 Å². The van der Waals surface area contributed by atoms with Crippen LogP contribution in [0.5, 0.6) is 0 Å². The van der Waals surface area contributed by atoms with Crippen LogP contribution in [0.3, 0.4) is 0 Å². The van der Waals surface area contributed by atoms with Crippen LogP contribution in [0, 0.1) is 12.0 Å². The van der Waals surface area contributed by atoms with Gasteiger partial charge in [0.05, 0.1) is 6.61 Å². The van der Waals surface area contributed by atoms with Crippen molar-refractivity contribution in [3.8, 4) is 12.0 Å². The van der Waals surface area contributed by atoms with Gasteiger partial charge in [0.2, 0.25) is 0 Å². The van der Waals surface area contributed by atoms with Crippen molar-refractivity contribution in [3.05, 3.63) is 0 Å². The molecular weight excluding hydrogens is 220 g/mol. The SMILES string of the molecule is CC#COC(=O)C(O)C(O)C(O)C(O)CO. The molecule has 7 nitrogen and oxygen atoms in total. The van der Waals surface area contributed by atoms with E-state index in [2.05, 4.69) is 10.7 Å². The van der Waals surface area contributed by atoms with Gasteiger partial charge in [-0.1, -0.05) is 5.92 Å². The average Bonchev–Trinajstić information content (AvgIpc) is 2.31. The van der Waals surface area contributed by atoms with Crippen LogP contribution in [0.2, 0.25) is 0 Å². The summed E-state index contributed by atoms with van der Waals surface area (Å²) in [4.78, 5) is 11.0. The minimum atomic E-state index is -2.06. The lowest BCUT2D eigenvalue weighted by Gasteiger charge is -2.23. The normalized spacial score (nSPS) is 17.6. The quantitative estimate of drug-likeness (QED) is 0.252. The Morgan fingerprint density at radius 2 is 1.81 bits per heavy atom. The fraction of sp³-hybridized carbons (Fsp3) is 0.667. The maximum absolute atomic E-state index is 11.0. The van der Waals surface area contributed by atoms with Crippen LogP contribution in [-0.2, 0) is 9.53 Å². The Kier molecular flexibility index (Phi) is 6.64. The first-order chi connectivity index (χ1) is 7.45. The predicted octanol–water partition coefficient (Wildman–Crippen LogP) is -3.05. The number of carbonyl (C=O) groups excluding carboxylic acids is 1. The molecule has 0 fully saturated rings. The first-order valence-electron chi connectivity index (χ1n) is 4.41. The van der Waals surface area contributed by atoms with Crippen molar-refractivity contribution in [2.24, 2.45) is 0 Å². The third-order valence-electron chi connectivity index (χ3n) is 1.75. The van der Waals surface area contributed by atoms with E-state index >= 15 is 0 Å². The van der Waals surface area contributed by atoms with Gasteiger partial charge in [-0.2, -0.15) is 0 Å². The van der Waals surface area contributed by atoms with Crippen molar-refractivity contribution in [1.29, 1.82) is 0 Å². The minimum Gasteiger partial charge on any atom is -0.394 e. The lowest BCUT2D eigenvalue weighted by molar-refractivity contribution is -0.164. The Hall–Kier alpha value is -1.17. The summed E-state index contributed by atoms with van der Waals surface area (Å²) in [6.45, 7) is 0.565. The van der Waals surface area contributed by atoms with E-state index in [0.29, 0.717) is 0 Å². The summed E-state index contributed by atoms with van der Waals surface area (Å²) in [6, 6.07) is 0. The Morgan fingerprint density at radius 1 is 1.25 bits per heavy atom. The molecule has 92 valence electrons. The van der Waals surface area contributed by atoms with E-state index in [-0.39, 0.29) is 0 Å². The zero-order chi connectivity index (χ0) is 12.7. The van der Waals surface area contributed by atoms with E-state index in [1.807, 2.05) is 6.11 Å². The molecular formula is C9H14O7. The van der Waals surface area contributed by atoms with Crippen LogP contribution < -0.4 is 0 Å². The number of aliphatic hydroxyl groups excluding tert-OH is 5. The standard InChI is InChI=1S/C9H14O7/c1-2-3-16-9(15)8(14)7(13)6(12)5(11)4-10/h5-8,10-14H,4H2,1H3. The number of hydrogen-bond acceptors (Lipinski definition) is 7. The Morgan fingerprint density at radius 3 is 2.25 bits per heavy atom. The molecule has 0 saturated carbocycles. The zero-order valence-corrected chi connectivity index (χ0v) is 8.57. The molecule has 0 amide bonds. The number of rotatable bonds is 5. The molecule has 0 heterocycles. The monoisotopic (exact) mass is 234 g/mol. The highest BCUT2D eigenvalue weighted by atomic mass is 16.5. The first-order valence-corrected chi connectivity index (χ1v) is 4.41. The number of carbonyl (C=O) groups is 1. The van der Waals surface area contributed by atoms with Crippen LogP contribution in [0.15, 0.2) is 0 Å². The molecule has 0 aromatic heterocycles. The third-order valence-corrected chi connectivity index (χ3v) is 1.75. The second-order valence-electron chi connectivity index (χ2n) is 2.95. The highest BCUT2D eigenvalue weighted by Crippen LogP contribution is 2.06. The Labute approximate surface area is 91.9 Å². The van der Waals surface area contributed by atoms with Gasteiger partial charge >= 0.3 is 5.97 Å². The maximum Gasteiger partial charge on any atom is 0.351 e. The van der Waals surface area contributed by atoms with Crippen molar-refractivity contribution in [3.63, 3.8) is 0 Å². The van der Waals surface area contributed by atoms with Crippen LogP contribution in [-0.4, -0.2) is 62.5 Å². The molecule has 0 aliphatic rings. The molecule has 4 atom stereocenters. The third kappa shape index (κ3) is 4.14. The molecule has 5 N–H and O–H groups in total. The summed E-state index contributed by atoms with van der Waals surface area (Å²) >= 11 is 0. The number of esters is 1.